The molecule has 1 amide bonds. The average Bonchev–Trinajstić information content (AvgIpc) is 2.96. The molecule has 0 saturated heterocycles. The number of hydrogen-bond acceptors (Lipinski definition) is 2. The summed E-state index contributed by atoms with van der Waals surface area (Å²) in [7, 11) is 1.38. The highest BCUT2D eigenvalue weighted by Gasteiger charge is 2.09. The van der Waals surface area contributed by atoms with Gasteiger partial charge in [-0.25, -0.2) is 4.39 Å². The lowest BCUT2D eigenvalue weighted by atomic mass is 10.1. The normalized spacial score (nSPS) is 10.6. The maximum Gasteiger partial charge on any atom is 0.255 e. The van der Waals surface area contributed by atoms with Gasteiger partial charge in [-0.15, -0.1) is 0 Å². The molecule has 106 valence electrons. The first-order valence-corrected chi connectivity index (χ1v) is 6.39. The zero-order valence-corrected chi connectivity index (χ0v) is 11.3. The van der Waals surface area contributed by atoms with Gasteiger partial charge in [-0.2, -0.15) is 0 Å². The monoisotopic (exact) mass is 284 g/mol. The van der Waals surface area contributed by atoms with E-state index in [4.69, 9.17) is 4.74 Å². The molecule has 1 aromatic heterocycles. The Morgan fingerprint density at radius 1 is 1.19 bits per heavy atom. The summed E-state index contributed by atoms with van der Waals surface area (Å²) in [6, 6.07) is 11.5. The van der Waals surface area contributed by atoms with Crippen LogP contribution < -0.4 is 10.1 Å². The second kappa shape index (κ2) is 5.28. The largest absolute Gasteiger partial charge is 0.494 e. The van der Waals surface area contributed by atoms with Crippen LogP contribution in [0, 0.1) is 5.82 Å². The number of benzene rings is 2. The minimum Gasteiger partial charge on any atom is -0.494 e. The lowest BCUT2D eigenvalue weighted by Crippen LogP contribution is -2.11. The molecule has 0 saturated carbocycles. The Hall–Kier alpha value is -2.82. The van der Waals surface area contributed by atoms with Gasteiger partial charge in [-0.3, -0.25) is 4.79 Å². The molecule has 3 rings (SSSR count). The summed E-state index contributed by atoms with van der Waals surface area (Å²) in [5.74, 6) is -0.643. The Labute approximate surface area is 120 Å². The highest BCUT2D eigenvalue weighted by Crippen LogP contribution is 2.22. The molecule has 0 radical (unpaired) electrons. The summed E-state index contributed by atoms with van der Waals surface area (Å²) in [5, 5.41) is 3.75. The minimum absolute atomic E-state index is 0.0904. The van der Waals surface area contributed by atoms with Crippen LogP contribution in [0.2, 0.25) is 0 Å². The number of aromatic nitrogens is 1. The van der Waals surface area contributed by atoms with Crippen molar-refractivity contribution in [3.63, 3.8) is 0 Å². The third kappa shape index (κ3) is 2.58. The van der Waals surface area contributed by atoms with Gasteiger partial charge in [-0.1, -0.05) is 6.07 Å². The smallest absolute Gasteiger partial charge is 0.255 e. The molecule has 0 aliphatic rings. The number of ether oxygens (including phenoxy) is 1. The summed E-state index contributed by atoms with van der Waals surface area (Å²) >= 11 is 0. The van der Waals surface area contributed by atoms with E-state index in [2.05, 4.69) is 10.3 Å². The number of fused-ring (bicyclic) bond motifs is 1. The molecule has 21 heavy (non-hydrogen) atoms. The lowest BCUT2D eigenvalue weighted by molar-refractivity contribution is 0.102. The van der Waals surface area contributed by atoms with E-state index in [1.807, 2.05) is 18.3 Å². The molecule has 0 aliphatic heterocycles. The summed E-state index contributed by atoms with van der Waals surface area (Å²) in [6.07, 6.45) is 1.82. The Balaban J connectivity index is 1.85. The number of carbonyl (C=O) groups excluding carboxylic acids is 1. The first kappa shape index (κ1) is 13.2. The molecule has 4 nitrogen and oxygen atoms in total. The number of halogens is 1. The van der Waals surface area contributed by atoms with Crippen molar-refractivity contribution in [2.24, 2.45) is 0 Å². The number of anilines is 1. The van der Waals surface area contributed by atoms with Crippen LogP contribution in [0.1, 0.15) is 10.4 Å². The van der Waals surface area contributed by atoms with E-state index in [-0.39, 0.29) is 11.7 Å². The minimum atomic E-state index is -0.469. The van der Waals surface area contributed by atoms with Gasteiger partial charge in [0, 0.05) is 29.0 Å². The van der Waals surface area contributed by atoms with Crippen molar-refractivity contribution >= 4 is 22.5 Å². The fourth-order valence-electron chi connectivity index (χ4n) is 2.13. The number of methoxy groups -OCH3 is 1. The van der Waals surface area contributed by atoms with Crippen molar-refractivity contribution < 1.29 is 13.9 Å². The maximum atomic E-state index is 13.3. The van der Waals surface area contributed by atoms with E-state index in [1.165, 1.54) is 25.3 Å². The van der Waals surface area contributed by atoms with E-state index < -0.39 is 5.82 Å². The lowest BCUT2D eigenvalue weighted by Gasteiger charge is -2.08. The SMILES string of the molecule is COc1cc(NC(=O)c2ccc3cc[nH]c3c2)ccc1F. The van der Waals surface area contributed by atoms with Crippen molar-refractivity contribution in [3.05, 3.63) is 60.0 Å². The van der Waals surface area contributed by atoms with E-state index in [9.17, 15) is 9.18 Å². The molecule has 0 aliphatic carbocycles. The second-order valence-electron chi connectivity index (χ2n) is 4.58. The molecule has 2 N–H and O–H groups in total. The van der Waals surface area contributed by atoms with E-state index in [0.717, 1.165) is 10.9 Å². The van der Waals surface area contributed by atoms with Crippen LogP contribution in [-0.4, -0.2) is 18.0 Å². The topological polar surface area (TPSA) is 54.1 Å². The van der Waals surface area contributed by atoms with Crippen molar-refractivity contribution in [3.8, 4) is 5.75 Å². The zero-order valence-electron chi connectivity index (χ0n) is 11.3. The quantitative estimate of drug-likeness (QED) is 0.772. The highest BCUT2D eigenvalue weighted by molar-refractivity contribution is 6.06. The van der Waals surface area contributed by atoms with Crippen LogP contribution in [0.15, 0.2) is 48.7 Å². The Morgan fingerprint density at radius 2 is 2.05 bits per heavy atom. The third-order valence-electron chi connectivity index (χ3n) is 3.23. The molecule has 0 spiro atoms. The van der Waals surface area contributed by atoms with E-state index >= 15 is 0 Å². The first-order chi connectivity index (χ1) is 10.2. The molecule has 1 heterocycles. The predicted molar refractivity (Wildman–Crippen MR) is 79.2 cm³/mol. The first-order valence-electron chi connectivity index (χ1n) is 6.39. The van der Waals surface area contributed by atoms with Gasteiger partial charge in [0.25, 0.3) is 5.91 Å². The molecule has 0 unspecified atom stereocenters. The van der Waals surface area contributed by atoms with Gasteiger partial charge in [0.1, 0.15) is 0 Å². The van der Waals surface area contributed by atoms with Gasteiger partial charge >= 0.3 is 0 Å². The molecule has 0 atom stereocenters. The summed E-state index contributed by atoms with van der Waals surface area (Å²) in [6.45, 7) is 0. The summed E-state index contributed by atoms with van der Waals surface area (Å²) in [5.41, 5.74) is 1.89. The summed E-state index contributed by atoms with van der Waals surface area (Å²) in [4.78, 5) is 15.3. The fourth-order valence-corrected chi connectivity index (χ4v) is 2.13. The third-order valence-corrected chi connectivity index (χ3v) is 3.23. The fraction of sp³-hybridized carbons (Fsp3) is 0.0625. The Bertz CT molecular complexity index is 811. The molecular formula is C16H13FN2O2. The highest BCUT2D eigenvalue weighted by atomic mass is 19.1. The zero-order chi connectivity index (χ0) is 14.8. The molecular weight excluding hydrogens is 271 g/mol. The van der Waals surface area contributed by atoms with Crippen LogP contribution in [0.3, 0.4) is 0 Å². The number of hydrogen-bond donors (Lipinski definition) is 2. The molecule has 0 fully saturated rings. The standard InChI is InChI=1S/C16H13FN2O2/c1-21-15-9-12(4-5-13(15)17)19-16(20)11-3-2-10-6-7-18-14(10)8-11/h2-9,18H,1H3,(H,19,20). The van der Waals surface area contributed by atoms with Crippen molar-refractivity contribution in [1.29, 1.82) is 0 Å². The maximum absolute atomic E-state index is 13.3. The Morgan fingerprint density at radius 3 is 2.86 bits per heavy atom. The molecule has 2 aromatic carbocycles. The van der Waals surface area contributed by atoms with Crippen LogP contribution in [-0.2, 0) is 0 Å². The van der Waals surface area contributed by atoms with E-state index in [1.54, 1.807) is 12.1 Å². The number of rotatable bonds is 3. The Kier molecular flexibility index (Phi) is 3.31. The van der Waals surface area contributed by atoms with Gasteiger partial charge in [0.2, 0.25) is 0 Å². The average molecular weight is 284 g/mol. The summed E-state index contributed by atoms with van der Waals surface area (Å²) < 4.78 is 18.2. The van der Waals surface area contributed by atoms with Crippen LogP contribution in [0.5, 0.6) is 5.75 Å². The second-order valence-corrected chi connectivity index (χ2v) is 4.58. The molecule has 5 heteroatoms. The van der Waals surface area contributed by atoms with Gasteiger partial charge in [0.05, 0.1) is 7.11 Å². The number of H-pyrrole nitrogens is 1. The van der Waals surface area contributed by atoms with E-state index in [0.29, 0.717) is 11.3 Å². The number of carbonyl (C=O) groups is 1. The van der Waals surface area contributed by atoms with Gasteiger partial charge < -0.3 is 15.0 Å². The number of aromatic amines is 1. The van der Waals surface area contributed by atoms with Gasteiger partial charge in [-0.05, 0) is 35.7 Å². The molecule has 0 bridgehead atoms. The van der Waals surface area contributed by atoms with Crippen LogP contribution in [0.4, 0.5) is 10.1 Å². The van der Waals surface area contributed by atoms with Crippen LogP contribution >= 0.6 is 0 Å². The van der Waals surface area contributed by atoms with Gasteiger partial charge in [0.15, 0.2) is 11.6 Å². The number of amides is 1. The van der Waals surface area contributed by atoms with Crippen LogP contribution in [0.25, 0.3) is 10.9 Å². The van der Waals surface area contributed by atoms with Crippen molar-refractivity contribution in [2.75, 3.05) is 12.4 Å². The van der Waals surface area contributed by atoms with Crippen molar-refractivity contribution in [1.82, 2.24) is 4.98 Å². The number of nitrogens with one attached hydrogen (secondary N) is 2. The predicted octanol–water partition coefficient (Wildman–Crippen LogP) is 3.57. The molecule has 3 aromatic rings. The van der Waals surface area contributed by atoms with Crippen molar-refractivity contribution in [2.45, 2.75) is 0 Å².